The highest BCUT2D eigenvalue weighted by atomic mass is 79.9. The van der Waals surface area contributed by atoms with Gasteiger partial charge in [-0.15, -0.1) is 0 Å². The van der Waals surface area contributed by atoms with Crippen molar-refractivity contribution in [2.45, 2.75) is 19.9 Å². The molecule has 2 aromatic carbocycles. The summed E-state index contributed by atoms with van der Waals surface area (Å²) in [5, 5.41) is 0.645. The normalized spacial score (nSPS) is 11.3. The maximum absolute atomic E-state index is 12.8. The molecule has 0 bridgehead atoms. The Morgan fingerprint density at radius 3 is 2.38 bits per heavy atom. The summed E-state index contributed by atoms with van der Waals surface area (Å²) in [6, 6.07) is 15.5. The van der Waals surface area contributed by atoms with Crippen LogP contribution in [0.3, 0.4) is 0 Å². The van der Waals surface area contributed by atoms with Gasteiger partial charge in [-0.1, -0.05) is 46.3 Å². The Balaban J connectivity index is 0.000000647. The molecule has 0 radical (unpaired) electrons. The van der Waals surface area contributed by atoms with Crippen LogP contribution in [0.2, 0.25) is 0 Å². The minimum atomic E-state index is -0.0424. The van der Waals surface area contributed by atoms with Crippen molar-refractivity contribution >= 4 is 33.0 Å². The van der Waals surface area contributed by atoms with Gasteiger partial charge in [0.25, 0.3) is 5.56 Å². The Hall–Kier alpha value is -2.56. The van der Waals surface area contributed by atoms with Gasteiger partial charge in [0.05, 0.1) is 16.9 Å². The lowest BCUT2D eigenvalue weighted by Gasteiger charge is -2.18. The van der Waals surface area contributed by atoms with E-state index in [0.29, 0.717) is 5.39 Å². The van der Waals surface area contributed by atoms with Crippen molar-refractivity contribution in [3.05, 3.63) is 74.7 Å². The van der Waals surface area contributed by atoms with Crippen molar-refractivity contribution < 1.29 is 9.59 Å². The molecule has 0 aliphatic heterocycles. The van der Waals surface area contributed by atoms with E-state index in [9.17, 15) is 4.79 Å². The van der Waals surface area contributed by atoms with E-state index in [1.54, 1.807) is 4.57 Å². The van der Waals surface area contributed by atoms with Gasteiger partial charge in [0, 0.05) is 4.47 Å². The Morgan fingerprint density at radius 1 is 1.12 bits per heavy atom. The van der Waals surface area contributed by atoms with Gasteiger partial charge in [0.15, 0.2) is 0 Å². The molecule has 3 aromatic rings. The number of aryl methyl sites for hydroxylation is 1. The van der Waals surface area contributed by atoms with Crippen molar-refractivity contribution in [2.24, 2.45) is 0 Å². The number of nitrogens with zero attached hydrogens (tertiary/aromatic N) is 2. The van der Waals surface area contributed by atoms with Crippen LogP contribution >= 0.6 is 15.9 Å². The second kappa shape index (κ2) is 7.81. The molecule has 0 saturated carbocycles. The van der Waals surface area contributed by atoms with Crippen LogP contribution in [0.4, 0.5) is 0 Å². The molecule has 1 atom stereocenters. The lowest BCUT2D eigenvalue weighted by atomic mass is 10.1. The van der Waals surface area contributed by atoms with Crippen molar-refractivity contribution in [1.29, 1.82) is 0 Å². The number of hydrogen-bond acceptors (Lipinski definition) is 4. The zero-order chi connectivity index (χ0) is 17.7. The molecule has 24 heavy (non-hydrogen) atoms. The molecule has 6 heteroatoms. The fraction of sp³-hybridized carbons (Fsp3) is 0.167. The Morgan fingerprint density at radius 2 is 1.75 bits per heavy atom. The van der Waals surface area contributed by atoms with E-state index in [0.717, 1.165) is 21.4 Å². The molecular formula is C18H15BrN2O3. The number of rotatable bonds is 2. The first-order valence-corrected chi connectivity index (χ1v) is 8.01. The lowest BCUT2D eigenvalue weighted by molar-refractivity contribution is -0.191. The number of aromatic nitrogens is 2. The predicted octanol–water partition coefficient (Wildman–Crippen LogP) is 3.49. The fourth-order valence-electron chi connectivity index (χ4n) is 2.62. The standard InChI is InChI=1S/C17H15BrN2O.CO2/c1-11(13-6-4-3-5-7-13)20-12(2)19-16-10-14(18)8-9-15(16)17(20)21;2-1-3/h3-11H,1-2H3;. The summed E-state index contributed by atoms with van der Waals surface area (Å²) < 4.78 is 2.68. The van der Waals surface area contributed by atoms with E-state index in [2.05, 4.69) is 20.9 Å². The smallest absolute Gasteiger partial charge is 0.289 e. The zero-order valence-electron chi connectivity index (χ0n) is 13.2. The Kier molecular flexibility index (Phi) is 5.79. The van der Waals surface area contributed by atoms with Crippen LogP contribution in [-0.2, 0) is 9.59 Å². The third-order valence-corrected chi connectivity index (χ3v) is 4.20. The minimum absolute atomic E-state index is 0.00125. The largest absolute Gasteiger partial charge is 0.373 e. The second-order valence-electron chi connectivity index (χ2n) is 5.17. The van der Waals surface area contributed by atoms with E-state index in [1.807, 2.05) is 62.4 Å². The van der Waals surface area contributed by atoms with Crippen LogP contribution in [0.25, 0.3) is 10.9 Å². The predicted molar refractivity (Wildman–Crippen MR) is 93.7 cm³/mol. The number of halogens is 1. The highest BCUT2D eigenvalue weighted by molar-refractivity contribution is 9.10. The molecule has 0 N–H and O–H groups in total. The van der Waals surface area contributed by atoms with Gasteiger partial charge in [-0.05, 0) is 37.6 Å². The van der Waals surface area contributed by atoms with Crippen LogP contribution < -0.4 is 5.56 Å². The molecule has 0 amide bonds. The van der Waals surface area contributed by atoms with Gasteiger partial charge < -0.3 is 0 Å². The van der Waals surface area contributed by atoms with Crippen molar-refractivity contribution in [1.82, 2.24) is 9.55 Å². The van der Waals surface area contributed by atoms with Gasteiger partial charge in [-0.3, -0.25) is 9.36 Å². The first-order chi connectivity index (χ1) is 11.5. The first kappa shape index (κ1) is 17.8. The molecular weight excluding hydrogens is 372 g/mol. The van der Waals surface area contributed by atoms with Gasteiger partial charge in [0.1, 0.15) is 5.82 Å². The molecule has 122 valence electrons. The van der Waals surface area contributed by atoms with E-state index < -0.39 is 0 Å². The maximum atomic E-state index is 12.8. The minimum Gasteiger partial charge on any atom is -0.289 e. The first-order valence-electron chi connectivity index (χ1n) is 7.22. The summed E-state index contributed by atoms with van der Waals surface area (Å²) in [6.45, 7) is 3.90. The summed E-state index contributed by atoms with van der Waals surface area (Å²) in [6.07, 6.45) is 0.250. The van der Waals surface area contributed by atoms with Gasteiger partial charge in [-0.2, -0.15) is 9.59 Å². The molecule has 1 aromatic heterocycles. The monoisotopic (exact) mass is 386 g/mol. The number of fused-ring (bicyclic) bond motifs is 1. The van der Waals surface area contributed by atoms with Crippen molar-refractivity contribution in [3.8, 4) is 0 Å². The van der Waals surface area contributed by atoms with Crippen LogP contribution in [0, 0.1) is 6.92 Å². The van der Waals surface area contributed by atoms with Crippen LogP contribution in [-0.4, -0.2) is 15.7 Å². The second-order valence-corrected chi connectivity index (χ2v) is 6.08. The van der Waals surface area contributed by atoms with E-state index >= 15 is 0 Å². The van der Waals surface area contributed by atoms with Gasteiger partial charge in [-0.25, -0.2) is 4.98 Å². The van der Waals surface area contributed by atoms with Crippen LogP contribution in [0.1, 0.15) is 24.4 Å². The highest BCUT2D eigenvalue weighted by Gasteiger charge is 2.15. The molecule has 0 saturated heterocycles. The number of hydrogen-bond donors (Lipinski definition) is 0. The van der Waals surface area contributed by atoms with Gasteiger partial charge >= 0.3 is 6.15 Å². The SMILES string of the molecule is Cc1nc2cc(Br)ccc2c(=O)n1C(C)c1ccccc1.O=C=O. The Bertz CT molecular complexity index is 946. The maximum Gasteiger partial charge on any atom is 0.373 e. The summed E-state index contributed by atoms with van der Waals surface area (Å²) in [5.41, 5.74) is 1.82. The quantitative estimate of drug-likeness (QED) is 0.675. The third-order valence-electron chi connectivity index (χ3n) is 3.71. The van der Waals surface area contributed by atoms with Crippen LogP contribution in [0.15, 0.2) is 57.8 Å². The van der Waals surface area contributed by atoms with E-state index in [-0.39, 0.29) is 17.8 Å². The molecule has 5 nitrogen and oxygen atoms in total. The van der Waals surface area contributed by atoms with E-state index in [1.165, 1.54) is 0 Å². The molecule has 1 unspecified atom stereocenters. The van der Waals surface area contributed by atoms with Crippen molar-refractivity contribution in [3.63, 3.8) is 0 Å². The highest BCUT2D eigenvalue weighted by Crippen LogP contribution is 2.20. The molecule has 3 rings (SSSR count). The molecule has 0 spiro atoms. The summed E-state index contributed by atoms with van der Waals surface area (Å²) >= 11 is 3.42. The Labute approximate surface area is 147 Å². The summed E-state index contributed by atoms with van der Waals surface area (Å²) in [4.78, 5) is 33.6. The van der Waals surface area contributed by atoms with Crippen LogP contribution in [0.5, 0.6) is 0 Å². The third kappa shape index (κ3) is 3.67. The number of carbonyl (C=O) groups excluding carboxylic acids is 2. The summed E-state index contributed by atoms with van der Waals surface area (Å²) in [7, 11) is 0. The average Bonchev–Trinajstić information content (AvgIpc) is 2.56. The zero-order valence-corrected chi connectivity index (χ0v) is 14.8. The molecule has 1 heterocycles. The lowest BCUT2D eigenvalue weighted by Crippen LogP contribution is -2.27. The molecule has 0 aliphatic rings. The molecule has 0 fully saturated rings. The number of benzene rings is 2. The van der Waals surface area contributed by atoms with E-state index in [4.69, 9.17) is 9.59 Å². The topological polar surface area (TPSA) is 69.0 Å². The fourth-order valence-corrected chi connectivity index (χ4v) is 2.97. The average molecular weight is 387 g/mol. The summed E-state index contributed by atoms with van der Waals surface area (Å²) in [5.74, 6) is 0.724. The van der Waals surface area contributed by atoms with Gasteiger partial charge in [0.2, 0.25) is 0 Å². The van der Waals surface area contributed by atoms with Crippen molar-refractivity contribution in [2.75, 3.05) is 0 Å². The molecule has 0 aliphatic carbocycles.